The molecule has 0 aliphatic heterocycles. The molecule has 66 valence electrons. The number of rotatable bonds is 1. The normalized spacial score (nSPS) is 14.6. The Kier molecular flexibility index (Phi) is 1.93. The molecular weight excluding hydrogens is 191 g/mol. The van der Waals surface area contributed by atoms with E-state index in [1.54, 1.807) is 6.07 Å². The number of carbonyl (C=O) groups excluding carboxylic acids is 1. The summed E-state index contributed by atoms with van der Waals surface area (Å²) in [4.78, 5) is 10.5. The van der Waals surface area contributed by atoms with Crippen LogP contribution in [-0.2, 0) is 11.2 Å². The van der Waals surface area contributed by atoms with E-state index in [1.165, 1.54) is 12.1 Å². The van der Waals surface area contributed by atoms with Gasteiger partial charge in [-0.15, -0.1) is 0 Å². The third-order valence-corrected chi connectivity index (χ3v) is 2.56. The highest BCUT2D eigenvalue weighted by Crippen LogP contribution is 2.34. The first kappa shape index (κ1) is 8.45. The van der Waals surface area contributed by atoms with Crippen molar-refractivity contribution in [3.8, 4) is 0 Å². The van der Waals surface area contributed by atoms with Crippen LogP contribution in [0.25, 0.3) is 5.03 Å². The summed E-state index contributed by atoms with van der Waals surface area (Å²) in [7, 11) is 0. The fourth-order valence-electron chi connectivity index (χ4n) is 1.47. The number of fused-ring (bicyclic) bond motifs is 1. The fraction of sp³-hybridized carbons (Fsp3) is 0.100. The third-order valence-electron chi connectivity index (χ3n) is 2.11. The Bertz CT molecular complexity index is 409. The van der Waals surface area contributed by atoms with Gasteiger partial charge in [-0.2, -0.15) is 0 Å². The molecule has 1 aliphatic rings. The molecule has 2 rings (SSSR count). The Morgan fingerprint density at radius 1 is 1.46 bits per heavy atom. The molecule has 1 nitrogen and oxygen atoms in total. The Labute approximate surface area is 79.8 Å². The van der Waals surface area contributed by atoms with E-state index in [9.17, 15) is 9.18 Å². The zero-order valence-electron chi connectivity index (χ0n) is 6.68. The molecule has 0 N–H and O–H groups in total. The second-order valence-corrected chi connectivity index (χ2v) is 3.31. The lowest BCUT2D eigenvalue weighted by atomic mass is 10.1. The summed E-state index contributed by atoms with van der Waals surface area (Å²) in [5, 5.41) is 0.449. The summed E-state index contributed by atoms with van der Waals surface area (Å²) in [6, 6.07) is 4.35. The Balaban J connectivity index is 2.55. The van der Waals surface area contributed by atoms with E-state index in [0.29, 0.717) is 17.0 Å². The minimum atomic E-state index is -0.296. The first-order valence-electron chi connectivity index (χ1n) is 3.85. The molecule has 1 aromatic rings. The van der Waals surface area contributed by atoms with Crippen LogP contribution in [0.1, 0.15) is 11.1 Å². The largest absolute Gasteiger partial charge is 0.298 e. The molecule has 0 saturated carbocycles. The Morgan fingerprint density at radius 3 is 2.92 bits per heavy atom. The molecular formula is C10H6ClFO. The Hall–Kier alpha value is -1.15. The van der Waals surface area contributed by atoms with Gasteiger partial charge < -0.3 is 0 Å². The van der Waals surface area contributed by atoms with E-state index in [4.69, 9.17) is 11.6 Å². The molecule has 0 spiro atoms. The molecule has 0 unspecified atom stereocenters. The summed E-state index contributed by atoms with van der Waals surface area (Å²) in [5.41, 5.74) is 2.08. The van der Waals surface area contributed by atoms with Crippen molar-refractivity contribution in [2.45, 2.75) is 6.42 Å². The summed E-state index contributed by atoms with van der Waals surface area (Å²) in [6.45, 7) is 0. The minimum Gasteiger partial charge on any atom is -0.298 e. The van der Waals surface area contributed by atoms with E-state index in [2.05, 4.69) is 0 Å². The van der Waals surface area contributed by atoms with Gasteiger partial charge in [-0.25, -0.2) is 4.39 Å². The summed E-state index contributed by atoms with van der Waals surface area (Å²) >= 11 is 5.89. The number of carbonyl (C=O) groups is 1. The maximum Gasteiger partial charge on any atom is 0.147 e. The van der Waals surface area contributed by atoms with Gasteiger partial charge in [-0.1, -0.05) is 17.7 Å². The molecule has 1 aromatic carbocycles. The lowest BCUT2D eigenvalue weighted by Gasteiger charge is -1.97. The van der Waals surface area contributed by atoms with Crippen molar-refractivity contribution in [2.75, 3.05) is 0 Å². The van der Waals surface area contributed by atoms with Crippen molar-refractivity contribution in [3.63, 3.8) is 0 Å². The van der Waals surface area contributed by atoms with Crippen molar-refractivity contribution in [2.24, 2.45) is 0 Å². The third kappa shape index (κ3) is 1.27. The SMILES string of the molecule is O=CC1=C(Cl)c2ccc(F)cc2C1. The summed E-state index contributed by atoms with van der Waals surface area (Å²) in [5.74, 6) is -0.296. The highest BCUT2D eigenvalue weighted by molar-refractivity contribution is 6.51. The summed E-state index contributed by atoms with van der Waals surface area (Å²) in [6.07, 6.45) is 1.16. The van der Waals surface area contributed by atoms with Crippen molar-refractivity contribution in [3.05, 3.63) is 40.7 Å². The molecule has 0 saturated heterocycles. The van der Waals surface area contributed by atoms with Gasteiger partial charge in [0.05, 0.1) is 5.03 Å². The van der Waals surface area contributed by atoms with Crippen LogP contribution in [0.4, 0.5) is 4.39 Å². The standard InChI is InChI=1S/C10H6ClFO/c11-10-7(5-13)3-6-4-8(12)1-2-9(6)10/h1-2,4-5H,3H2. The van der Waals surface area contributed by atoms with Gasteiger partial charge in [0.2, 0.25) is 0 Å². The van der Waals surface area contributed by atoms with E-state index in [1.807, 2.05) is 0 Å². The van der Waals surface area contributed by atoms with E-state index in [0.717, 1.165) is 17.4 Å². The van der Waals surface area contributed by atoms with Crippen LogP contribution < -0.4 is 0 Å². The average Bonchev–Trinajstić information content (AvgIpc) is 2.42. The van der Waals surface area contributed by atoms with Gasteiger partial charge in [0.1, 0.15) is 12.1 Å². The second-order valence-electron chi connectivity index (χ2n) is 2.94. The molecule has 0 atom stereocenters. The van der Waals surface area contributed by atoms with Gasteiger partial charge in [-0.05, 0) is 23.3 Å². The molecule has 0 fully saturated rings. The minimum absolute atomic E-state index is 0.296. The van der Waals surface area contributed by atoms with Crippen LogP contribution >= 0.6 is 11.6 Å². The van der Waals surface area contributed by atoms with Crippen LogP contribution in [0.3, 0.4) is 0 Å². The zero-order chi connectivity index (χ0) is 9.42. The fourth-order valence-corrected chi connectivity index (χ4v) is 1.77. The van der Waals surface area contributed by atoms with Crippen molar-refractivity contribution >= 4 is 22.9 Å². The number of aldehydes is 1. The van der Waals surface area contributed by atoms with Gasteiger partial charge in [-0.3, -0.25) is 4.79 Å². The molecule has 3 heteroatoms. The average molecular weight is 197 g/mol. The highest BCUT2D eigenvalue weighted by Gasteiger charge is 2.19. The predicted octanol–water partition coefficient (Wildman–Crippen LogP) is 2.53. The first-order chi connectivity index (χ1) is 6.22. The molecule has 0 radical (unpaired) electrons. The monoisotopic (exact) mass is 196 g/mol. The topological polar surface area (TPSA) is 17.1 Å². The summed E-state index contributed by atoms with van der Waals surface area (Å²) < 4.78 is 12.8. The van der Waals surface area contributed by atoms with Crippen LogP contribution in [-0.4, -0.2) is 6.29 Å². The first-order valence-corrected chi connectivity index (χ1v) is 4.23. The van der Waals surface area contributed by atoms with Crippen molar-refractivity contribution in [1.29, 1.82) is 0 Å². The molecule has 0 heterocycles. The molecule has 0 amide bonds. The lowest BCUT2D eigenvalue weighted by molar-refractivity contribution is -0.104. The quantitative estimate of drug-likeness (QED) is 0.631. The van der Waals surface area contributed by atoms with Gasteiger partial charge in [0.15, 0.2) is 0 Å². The van der Waals surface area contributed by atoms with Crippen LogP contribution in [0.5, 0.6) is 0 Å². The van der Waals surface area contributed by atoms with E-state index in [-0.39, 0.29) is 5.82 Å². The maximum absolute atomic E-state index is 12.8. The molecule has 1 aliphatic carbocycles. The Morgan fingerprint density at radius 2 is 2.23 bits per heavy atom. The van der Waals surface area contributed by atoms with E-state index < -0.39 is 0 Å². The predicted molar refractivity (Wildman–Crippen MR) is 48.9 cm³/mol. The highest BCUT2D eigenvalue weighted by atomic mass is 35.5. The smallest absolute Gasteiger partial charge is 0.147 e. The number of allylic oxidation sites excluding steroid dienone is 1. The van der Waals surface area contributed by atoms with Gasteiger partial charge in [0, 0.05) is 12.0 Å². The van der Waals surface area contributed by atoms with Crippen molar-refractivity contribution in [1.82, 2.24) is 0 Å². The van der Waals surface area contributed by atoms with Gasteiger partial charge >= 0.3 is 0 Å². The van der Waals surface area contributed by atoms with Crippen LogP contribution in [0, 0.1) is 5.82 Å². The van der Waals surface area contributed by atoms with Gasteiger partial charge in [0.25, 0.3) is 0 Å². The number of hydrogen-bond donors (Lipinski definition) is 0. The van der Waals surface area contributed by atoms with E-state index >= 15 is 0 Å². The second kappa shape index (κ2) is 2.96. The molecule has 13 heavy (non-hydrogen) atoms. The van der Waals surface area contributed by atoms with Crippen LogP contribution in [0.15, 0.2) is 23.8 Å². The zero-order valence-corrected chi connectivity index (χ0v) is 7.44. The van der Waals surface area contributed by atoms with Crippen LogP contribution in [0.2, 0.25) is 0 Å². The van der Waals surface area contributed by atoms with Crippen molar-refractivity contribution < 1.29 is 9.18 Å². The number of benzene rings is 1. The maximum atomic E-state index is 12.8. The number of hydrogen-bond acceptors (Lipinski definition) is 1. The molecule has 0 bridgehead atoms. The lowest BCUT2D eigenvalue weighted by Crippen LogP contribution is -1.86. The number of halogens is 2. The molecule has 0 aromatic heterocycles.